The van der Waals surface area contributed by atoms with E-state index >= 15 is 0 Å². The monoisotopic (exact) mass is 277 g/mol. The maximum Gasteiger partial charge on any atom is 0.0586 e. The number of fused-ring (bicyclic) bond motifs is 1. The van der Waals surface area contributed by atoms with Crippen molar-refractivity contribution in [3.8, 4) is 0 Å². The van der Waals surface area contributed by atoms with Gasteiger partial charge >= 0.3 is 0 Å². The number of ether oxygens (including phenoxy) is 1. The summed E-state index contributed by atoms with van der Waals surface area (Å²) in [5.41, 5.74) is 1.50. The molecule has 0 bridgehead atoms. The molecule has 2 nitrogen and oxygen atoms in total. The third-order valence-corrected chi connectivity index (χ3v) is 5.48. The Morgan fingerprint density at radius 1 is 1.21 bits per heavy atom. The van der Waals surface area contributed by atoms with Gasteiger partial charge in [-0.05, 0) is 49.5 Å². The molecule has 1 aromatic rings. The van der Waals surface area contributed by atoms with Crippen molar-refractivity contribution in [2.75, 3.05) is 12.9 Å². The smallest absolute Gasteiger partial charge is 0.0586 e. The largest absolute Gasteiger partial charge is 0.381 e. The average Bonchev–Trinajstić information content (AvgIpc) is 2.48. The predicted octanol–water partition coefficient (Wildman–Crippen LogP) is 3.77. The summed E-state index contributed by atoms with van der Waals surface area (Å²) in [6.45, 7) is 0. The molecule has 0 amide bonds. The molecule has 3 rings (SSSR count). The van der Waals surface area contributed by atoms with Crippen LogP contribution in [0.2, 0.25) is 0 Å². The van der Waals surface area contributed by atoms with Crippen LogP contribution in [0.15, 0.2) is 29.2 Å². The molecule has 1 fully saturated rings. The molecular weight excluding hydrogens is 254 g/mol. The normalized spacial score (nSPS) is 30.9. The zero-order chi connectivity index (χ0) is 13.1. The maximum atomic E-state index is 5.54. The van der Waals surface area contributed by atoms with Gasteiger partial charge in [0.15, 0.2) is 0 Å². The highest BCUT2D eigenvalue weighted by molar-refractivity contribution is 7.99. The molecule has 0 saturated heterocycles. The summed E-state index contributed by atoms with van der Waals surface area (Å²) in [5, 5.41) is 3.88. The summed E-state index contributed by atoms with van der Waals surface area (Å²) in [6, 6.07) is 10.0. The molecule has 3 atom stereocenters. The molecule has 1 aliphatic carbocycles. The van der Waals surface area contributed by atoms with E-state index in [1.165, 1.54) is 48.3 Å². The lowest BCUT2D eigenvalue weighted by molar-refractivity contribution is 0.0567. The van der Waals surface area contributed by atoms with Crippen LogP contribution in [0, 0.1) is 0 Å². The van der Waals surface area contributed by atoms with E-state index in [4.69, 9.17) is 4.74 Å². The molecule has 19 heavy (non-hydrogen) atoms. The minimum Gasteiger partial charge on any atom is -0.381 e. The SMILES string of the molecule is COC1CCCC(NC2CCSc3ccccc32)C1. The molecule has 2 aliphatic rings. The molecule has 0 aromatic heterocycles. The average molecular weight is 277 g/mol. The van der Waals surface area contributed by atoms with Gasteiger partial charge in [-0.1, -0.05) is 18.2 Å². The van der Waals surface area contributed by atoms with Gasteiger partial charge in [0.05, 0.1) is 6.10 Å². The van der Waals surface area contributed by atoms with Crippen molar-refractivity contribution in [1.29, 1.82) is 0 Å². The standard InChI is InChI=1S/C16H23NOS/c1-18-13-6-4-5-12(11-13)17-15-9-10-19-16-8-3-2-7-14(15)16/h2-3,7-8,12-13,15,17H,4-6,9-11H2,1H3. The minimum absolute atomic E-state index is 0.458. The molecule has 1 saturated carbocycles. The van der Waals surface area contributed by atoms with Crippen molar-refractivity contribution in [3.05, 3.63) is 29.8 Å². The first kappa shape index (κ1) is 13.5. The van der Waals surface area contributed by atoms with Crippen LogP contribution < -0.4 is 5.32 Å². The Morgan fingerprint density at radius 3 is 3.00 bits per heavy atom. The Labute approximate surface area is 120 Å². The highest BCUT2D eigenvalue weighted by Gasteiger charge is 2.26. The summed E-state index contributed by atoms with van der Waals surface area (Å²) in [6.07, 6.45) is 6.69. The van der Waals surface area contributed by atoms with Crippen LogP contribution in [0.1, 0.15) is 43.7 Å². The van der Waals surface area contributed by atoms with Crippen LogP contribution in [-0.2, 0) is 4.74 Å². The van der Waals surface area contributed by atoms with Crippen molar-refractivity contribution in [1.82, 2.24) is 5.32 Å². The van der Waals surface area contributed by atoms with Crippen LogP contribution >= 0.6 is 11.8 Å². The first-order valence-electron chi connectivity index (χ1n) is 7.37. The zero-order valence-corrected chi connectivity index (χ0v) is 12.4. The number of hydrogen-bond donors (Lipinski definition) is 1. The van der Waals surface area contributed by atoms with Gasteiger partial charge in [-0.25, -0.2) is 0 Å². The molecule has 3 heteroatoms. The van der Waals surface area contributed by atoms with Crippen LogP contribution in [0.3, 0.4) is 0 Å². The Bertz CT molecular complexity index is 423. The summed E-state index contributed by atoms with van der Waals surface area (Å²) >= 11 is 1.99. The first-order chi connectivity index (χ1) is 9.36. The number of thioether (sulfide) groups is 1. The third-order valence-electron chi connectivity index (χ3n) is 4.35. The van der Waals surface area contributed by atoms with Crippen LogP contribution in [0.5, 0.6) is 0 Å². The Balaban J connectivity index is 1.67. The van der Waals surface area contributed by atoms with E-state index in [-0.39, 0.29) is 0 Å². The van der Waals surface area contributed by atoms with E-state index in [0.29, 0.717) is 18.2 Å². The lowest BCUT2D eigenvalue weighted by atomic mass is 9.91. The quantitative estimate of drug-likeness (QED) is 0.908. The van der Waals surface area contributed by atoms with E-state index in [2.05, 4.69) is 29.6 Å². The molecule has 0 spiro atoms. The van der Waals surface area contributed by atoms with Gasteiger partial charge in [0, 0.05) is 24.1 Å². The van der Waals surface area contributed by atoms with Gasteiger partial charge in [-0.15, -0.1) is 11.8 Å². The lowest BCUT2D eigenvalue weighted by Gasteiger charge is -2.34. The summed E-state index contributed by atoms with van der Waals surface area (Å²) < 4.78 is 5.54. The third kappa shape index (κ3) is 3.15. The van der Waals surface area contributed by atoms with Crippen molar-refractivity contribution < 1.29 is 4.74 Å². The summed E-state index contributed by atoms with van der Waals surface area (Å²) in [4.78, 5) is 1.46. The van der Waals surface area contributed by atoms with Crippen molar-refractivity contribution >= 4 is 11.8 Å². The number of benzene rings is 1. The Hall–Kier alpha value is -0.510. The zero-order valence-electron chi connectivity index (χ0n) is 11.6. The highest BCUT2D eigenvalue weighted by atomic mass is 32.2. The van der Waals surface area contributed by atoms with E-state index in [1.54, 1.807) is 0 Å². The number of nitrogens with one attached hydrogen (secondary N) is 1. The van der Waals surface area contributed by atoms with E-state index in [9.17, 15) is 0 Å². The van der Waals surface area contributed by atoms with Crippen LogP contribution in [0.25, 0.3) is 0 Å². The number of methoxy groups -OCH3 is 1. The molecule has 3 unspecified atom stereocenters. The maximum absolute atomic E-state index is 5.54. The van der Waals surface area contributed by atoms with E-state index in [0.717, 1.165) is 0 Å². The fourth-order valence-electron chi connectivity index (χ4n) is 3.31. The number of hydrogen-bond acceptors (Lipinski definition) is 3. The lowest BCUT2D eigenvalue weighted by Crippen LogP contribution is -2.39. The van der Waals surface area contributed by atoms with Crippen LogP contribution in [-0.4, -0.2) is 25.0 Å². The molecule has 1 N–H and O–H groups in total. The van der Waals surface area contributed by atoms with E-state index in [1.807, 2.05) is 18.9 Å². The van der Waals surface area contributed by atoms with Gasteiger partial charge in [0.1, 0.15) is 0 Å². The predicted molar refractivity (Wildman–Crippen MR) is 80.7 cm³/mol. The van der Waals surface area contributed by atoms with Gasteiger partial charge < -0.3 is 10.1 Å². The Kier molecular flexibility index (Phi) is 4.46. The fraction of sp³-hybridized carbons (Fsp3) is 0.625. The van der Waals surface area contributed by atoms with Gasteiger partial charge in [0.25, 0.3) is 0 Å². The molecule has 104 valence electrons. The van der Waals surface area contributed by atoms with Gasteiger partial charge in [-0.2, -0.15) is 0 Å². The molecule has 1 aromatic carbocycles. The highest BCUT2D eigenvalue weighted by Crippen LogP contribution is 2.36. The summed E-state index contributed by atoms with van der Waals surface area (Å²) in [5.74, 6) is 1.23. The molecule has 0 radical (unpaired) electrons. The molecule has 1 aliphatic heterocycles. The second-order valence-electron chi connectivity index (χ2n) is 5.62. The molecular formula is C16H23NOS. The molecule has 1 heterocycles. The van der Waals surface area contributed by atoms with Crippen molar-refractivity contribution in [3.63, 3.8) is 0 Å². The minimum atomic E-state index is 0.458. The van der Waals surface area contributed by atoms with Crippen LogP contribution in [0.4, 0.5) is 0 Å². The summed E-state index contributed by atoms with van der Waals surface area (Å²) in [7, 11) is 1.85. The first-order valence-corrected chi connectivity index (χ1v) is 8.36. The van der Waals surface area contributed by atoms with Crippen molar-refractivity contribution in [2.24, 2.45) is 0 Å². The van der Waals surface area contributed by atoms with E-state index < -0.39 is 0 Å². The topological polar surface area (TPSA) is 21.3 Å². The van der Waals surface area contributed by atoms with Gasteiger partial charge in [0.2, 0.25) is 0 Å². The fourth-order valence-corrected chi connectivity index (χ4v) is 4.44. The Morgan fingerprint density at radius 2 is 2.11 bits per heavy atom. The number of rotatable bonds is 3. The van der Waals surface area contributed by atoms with Gasteiger partial charge in [-0.3, -0.25) is 0 Å². The second kappa shape index (κ2) is 6.29. The second-order valence-corrected chi connectivity index (χ2v) is 6.75. The van der Waals surface area contributed by atoms with Crippen molar-refractivity contribution in [2.45, 2.75) is 55.2 Å².